The van der Waals surface area contributed by atoms with Crippen molar-refractivity contribution in [3.63, 3.8) is 0 Å². The van der Waals surface area contributed by atoms with E-state index in [-0.39, 0.29) is 17.1 Å². The molecule has 3 rings (SSSR count). The van der Waals surface area contributed by atoms with Crippen LogP contribution in [0.5, 0.6) is 0 Å². The summed E-state index contributed by atoms with van der Waals surface area (Å²) in [6.45, 7) is 2.23. The molecule has 1 nitrogen and oxygen atoms in total. The molecule has 0 radical (unpaired) electrons. The fraction of sp³-hybridized carbons (Fsp3) is 0.211. The van der Waals surface area contributed by atoms with E-state index in [1.807, 2.05) is 24.3 Å². The lowest BCUT2D eigenvalue weighted by atomic mass is 9.64. The Bertz CT molecular complexity index is 627. The van der Waals surface area contributed by atoms with E-state index < -0.39 is 0 Å². The minimum Gasteiger partial charge on any atom is -0.295 e. The van der Waals surface area contributed by atoms with E-state index in [0.717, 1.165) is 0 Å². The molecule has 0 bridgehead atoms. The summed E-state index contributed by atoms with van der Waals surface area (Å²) in [7, 11) is 0. The van der Waals surface area contributed by atoms with Gasteiger partial charge in [0.05, 0.1) is 0 Å². The second-order valence-corrected chi connectivity index (χ2v) is 5.62. The first-order chi connectivity index (χ1) is 9.70. The third-order valence-corrected chi connectivity index (χ3v) is 4.34. The molecule has 1 heteroatoms. The molecule has 0 heterocycles. The highest BCUT2D eigenvalue weighted by atomic mass is 16.1. The molecule has 0 saturated carbocycles. The molecule has 20 heavy (non-hydrogen) atoms. The first-order valence-corrected chi connectivity index (χ1v) is 7.03. The van der Waals surface area contributed by atoms with Gasteiger partial charge in [-0.3, -0.25) is 4.79 Å². The molecular formula is C19H18O. The first kappa shape index (κ1) is 12.9. The van der Waals surface area contributed by atoms with Crippen molar-refractivity contribution < 1.29 is 4.79 Å². The summed E-state index contributed by atoms with van der Waals surface area (Å²) in [5.74, 6) is 0.413. The number of carbonyl (C=O) groups excluding carboxylic acids is 1. The Kier molecular flexibility index (Phi) is 3.27. The monoisotopic (exact) mass is 262 g/mol. The molecule has 2 aromatic rings. The van der Waals surface area contributed by atoms with Gasteiger partial charge < -0.3 is 0 Å². The highest BCUT2D eigenvalue weighted by Crippen LogP contribution is 2.44. The fourth-order valence-electron chi connectivity index (χ4n) is 3.11. The number of benzene rings is 2. The van der Waals surface area contributed by atoms with Crippen LogP contribution in [-0.4, -0.2) is 5.78 Å². The average Bonchev–Trinajstić information content (AvgIpc) is 2.51. The zero-order valence-corrected chi connectivity index (χ0v) is 11.6. The van der Waals surface area contributed by atoms with Crippen LogP contribution in [0, 0.1) is 0 Å². The van der Waals surface area contributed by atoms with Crippen LogP contribution in [0.25, 0.3) is 0 Å². The molecule has 2 aromatic carbocycles. The van der Waals surface area contributed by atoms with Gasteiger partial charge in [0.1, 0.15) is 0 Å². The summed E-state index contributed by atoms with van der Waals surface area (Å²) in [6.07, 6.45) is 4.39. The van der Waals surface area contributed by atoms with Crippen molar-refractivity contribution in [2.75, 3.05) is 0 Å². The first-order valence-electron chi connectivity index (χ1n) is 7.03. The van der Waals surface area contributed by atoms with Gasteiger partial charge in [0.2, 0.25) is 0 Å². The highest BCUT2D eigenvalue weighted by molar-refractivity contribution is 5.92. The summed E-state index contributed by atoms with van der Waals surface area (Å²) in [5.41, 5.74) is 2.37. The van der Waals surface area contributed by atoms with Gasteiger partial charge in [-0.05, 0) is 17.2 Å². The summed E-state index contributed by atoms with van der Waals surface area (Å²) in [6, 6.07) is 20.8. The minimum atomic E-state index is -0.128. The van der Waals surface area contributed by atoms with Gasteiger partial charge in [-0.15, -0.1) is 0 Å². The lowest BCUT2D eigenvalue weighted by Crippen LogP contribution is -2.33. The van der Waals surface area contributed by atoms with Gasteiger partial charge in [-0.2, -0.15) is 0 Å². The Hall–Kier alpha value is -2.15. The topological polar surface area (TPSA) is 17.1 Å². The van der Waals surface area contributed by atoms with E-state index in [1.54, 1.807) is 6.08 Å². The van der Waals surface area contributed by atoms with Crippen molar-refractivity contribution in [3.8, 4) is 0 Å². The second kappa shape index (κ2) is 5.09. The Morgan fingerprint density at radius 2 is 1.55 bits per heavy atom. The van der Waals surface area contributed by atoms with Crippen LogP contribution in [0.2, 0.25) is 0 Å². The SMILES string of the molecule is C[C@]1(c2ccccc2)C=CC(=O)C[C@@H]1c1ccccc1. The van der Waals surface area contributed by atoms with Crippen LogP contribution < -0.4 is 0 Å². The molecule has 0 N–H and O–H groups in total. The Morgan fingerprint density at radius 1 is 0.950 bits per heavy atom. The molecule has 100 valence electrons. The van der Waals surface area contributed by atoms with Crippen LogP contribution in [0.1, 0.15) is 30.4 Å². The van der Waals surface area contributed by atoms with Crippen LogP contribution in [0.15, 0.2) is 72.8 Å². The van der Waals surface area contributed by atoms with E-state index in [9.17, 15) is 4.79 Å². The molecular weight excluding hydrogens is 244 g/mol. The molecule has 2 atom stereocenters. The number of carbonyl (C=O) groups is 1. The van der Waals surface area contributed by atoms with Crippen LogP contribution >= 0.6 is 0 Å². The van der Waals surface area contributed by atoms with Crippen LogP contribution in [0.3, 0.4) is 0 Å². The predicted molar refractivity (Wildman–Crippen MR) is 81.7 cm³/mol. The molecule has 0 saturated heterocycles. The molecule has 0 spiro atoms. The smallest absolute Gasteiger partial charge is 0.156 e. The second-order valence-electron chi connectivity index (χ2n) is 5.62. The summed E-state index contributed by atoms with van der Waals surface area (Å²) in [4.78, 5) is 11.9. The molecule has 0 unspecified atom stereocenters. The predicted octanol–water partition coefficient (Wildman–Crippen LogP) is 4.26. The Labute approximate surface area is 120 Å². The zero-order valence-electron chi connectivity index (χ0n) is 11.6. The number of hydrogen-bond acceptors (Lipinski definition) is 1. The van der Waals surface area contributed by atoms with E-state index in [4.69, 9.17) is 0 Å². The lowest BCUT2D eigenvalue weighted by Gasteiger charge is -2.38. The zero-order chi connectivity index (χ0) is 14.0. The van der Waals surface area contributed by atoms with Crippen LogP contribution in [0.4, 0.5) is 0 Å². The third-order valence-electron chi connectivity index (χ3n) is 4.34. The van der Waals surface area contributed by atoms with E-state index >= 15 is 0 Å². The maximum atomic E-state index is 11.9. The highest BCUT2D eigenvalue weighted by Gasteiger charge is 2.38. The van der Waals surface area contributed by atoms with Gasteiger partial charge in [0.25, 0.3) is 0 Å². The normalized spacial score (nSPS) is 25.6. The number of ketones is 1. The lowest BCUT2D eigenvalue weighted by molar-refractivity contribution is -0.115. The number of rotatable bonds is 2. The van der Waals surface area contributed by atoms with Gasteiger partial charge >= 0.3 is 0 Å². The summed E-state index contributed by atoms with van der Waals surface area (Å²) < 4.78 is 0. The van der Waals surface area contributed by atoms with Gasteiger partial charge in [0.15, 0.2) is 5.78 Å². The molecule has 0 fully saturated rings. The van der Waals surface area contributed by atoms with Crippen molar-refractivity contribution in [1.82, 2.24) is 0 Å². The molecule has 0 amide bonds. The number of allylic oxidation sites excluding steroid dienone is 2. The van der Waals surface area contributed by atoms with E-state index in [1.165, 1.54) is 11.1 Å². The van der Waals surface area contributed by atoms with Crippen molar-refractivity contribution >= 4 is 5.78 Å². The quantitative estimate of drug-likeness (QED) is 0.790. The Morgan fingerprint density at radius 3 is 2.20 bits per heavy atom. The van der Waals surface area contributed by atoms with Crippen LogP contribution in [-0.2, 0) is 10.2 Å². The third kappa shape index (κ3) is 2.20. The largest absolute Gasteiger partial charge is 0.295 e. The standard InChI is InChI=1S/C19H18O/c1-19(16-10-6-3-7-11-16)13-12-17(20)14-18(19)15-8-4-2-5-9-15/h2-13,18H,14H2,1H3/t18-,19-/m1/s1. The van der Waals surface area contributed by atoms with Crippen molar-refractivity contribution in [1.29, 1.82) is 0 Å². The molecule has 1 aliphatic carbocycles. The van der Waals surface area contributed by atoms with Gasteiger partial charge in [-0.25, -0.2) is 0 Å². The average molecular weight is 262 g/mol. The minimum absolute atomic E-state index is 0.128. The van der Waals surface area contributed by atoms with Crippen molar-refractivity contribution in [3.05, 3.63) is 83.9 Å². The maximum Gasteiger partial charge on any atom is 0.156 e. The summed E-state index contributed by atoms with van der Waals surface area (Å²) in [5, 5.41) is 0. The summed E-state index contributed by atoms with van der Waals surface area (Å²) >= 11 is 0. The van der Waals surface area contributed by atoms with Gasteiger partial charge in [0, 0.05) is 17.8 Å². The number of hydrogen-bond donors (Lipinski definition) is 0. The molecule has 1 aliphatic rings. The molecule has 0 aliphatic heterocycles. The fourth-order valence-corrected chi connectivity index (χ4v) is 3.11. The molecule has 0 aromatic heterocycles. The van der Waals surface area contributed by atoms with Crippen molar-refractivity contribution in [2.45, 2.75) is 24.7 Å². The van der Waals surface area contributed by atoms with Gasteiger partial charge in [-0.1, -0.05) is 73.7 Å². The van der Waals surface area contributed by atoms with E-state index in [0.29, 0.717) is 6.42 Å². The Balaban J connectivity index is 2.11. The maximum absolute atomic E-state index is 11.9. The van der Waals surface area contributed by atoms with E-state index in [2.05, 4.69) is 49.4 Å². The van der Waals surface area contributed by atoms with Crippen molar-refractivity contribution in [2.24, 2.45) is 0 Å².